The average molecular weight is 195 g/mol. The maximum absolute atomic E-state index is 9.43. The molecule has 0 fully saturated rings. The van der Waals surface area contributed by atoms with Gasteiger partial charge >= 0.3 is 0 Å². The predicted molar refractivity (Wildman–Crippen MR) is 47.2 cm³/mol. The molecule has 0 rings (SSSR count). The van der Waals surface area contributed by atoms with E-state index < -0.39 is 5.97 Å². The lowest BCUT2D eigenvalue weighted by molar-refractivity contribution is -0.134. The number of carbonyl (C=O) groups is 2. The summed E-state index contributed by atoms with van der Waals surface area (Å²) in [5, 5.41) is 22.7. The molecule has 0 heterocycles. The Morgan fingerprint density at radius 3 is 1.46 bits per heavy atom. The number of carboxylic acid groups (broad SMARTS) is 1. The van der Waals surface area contributed by atoms with Crippen LogP contribution < -0.4 is 0 Å². The maximum Gasteiger partial charge on any atom is 0.300 e. The third-order valence-corrected chi connectivity index (χ3v) is 0.311. The second-order valence-corrected chi connectivity index (χ2v) is 2.04. The molecule has 6 heteroatoms. The molecule has 0 aliphatic heterocycles. The second-order valence-electron chi connectivity index (χ2n) is 2.04. The van der Waals surface area contributed by atoms with Crippen LogP contribution in [0.4, 0.5) is 0 Å². The fourth-order valence-corrected chi connectivity index (χ4v) is 0. The summed E-state index contributed by atoms with van der Waals surface area (Å²) in [6, 6.07) is 0. The zero-order valence-corrected chi connectivity index (χ0v) is 8.10. The van der Waals surface area contributed by atoms with Gasteiger partial charge < -0.3 is 20.2 Å². The summed E-state index contributed by atoms with van der Waals surface area (Å²) in [6.07, 6.45) is 0.750. The Morgan fingerprint density at radius 1 is 1.31 bits per heavy atom. The number of rotatable bonds is 2. The molecule has 0 aromatic heterocycles. The van der Waals surface area contributed by atoms with Crippen molar-refractivity contribution in [2.75, 3.05) is 27.3 Å². The molecule has 0 aliphatic carbocycles. The highest BCUT2D eigenvalue weighted by atomic mass is 16.4. The summed E-state index contributed by atoms with van der Waals surface area (Å²) in [5.41, 5.74) is 0. The van der Waals surface area contributed by atoms with Crippen molar-refractivity contribution in [3.05, 3.63) is 0 Å². The molecular weight excluding hydrogens is 178 g/mol. The number of hydrogen-bond donors (Lipinski definition) is 3. The third-order valence-electron chi connectivity index (χ3n) is 0.311. The molecule has 0 saturated carbocycles. The minimum absolute atomic E-state index is 0.125. The van der Waals surface area contributed by atoms with Gasteiger partial charge in [-0.05, 0) is 0 Å². The van der Waals surface area contributed by atoms with Crippen LogP contribution in [-0.4, -0.2) is 59.9 Å². The number of aliphatic carboxylic acids is 1. The van der Waals surface area contributed by atoms with E-state index in [0.717, 1.165) is 13.3 Å². The van der Waals surface area contributed by atoms with E-state index in [0.29, 0.717) is 0 Å². The van der Waals surface area contributed by atoms with Crippen LogP contribution in [0.3, 0.4) is 0 Å². The highest BCUT2D eigenvalue weighted by molar-refractivity contribution is 5.62. The summed E-state index contributed by atoms with van der Waals surface area (Å²) in [6.45, 7) is 0.833. The van der Waals surface area contributed by atoms with Crippen molar-refractivity contribution < 1.29 is 24.9 Å². The summed E-state index contributed by atoms with van der Waals surface area (Å²) < 4.78 is 0. The van der Waals surface area contributed by atoms with E-state index in [9.17, 15) is 4.79 Å². The Morgan fingerprint density at radius 2 is 1.46 bits per heavy atom. The van der Waals surface area contributed by atoms with Crippen LogP contribution in [-0.2, 0) is 9.59 Å². The SMILES string of the molecule is CC(=O)O.CN(C)C=O.OCCO. The Bertz CT molecular complexity index is 109. The molecule has 0 aromatic carbocycles. The summed E-state index contributed by atoms with van der Waals surface area (Å²) in [4.78, 5) is 19.9. The normalized spacial score (nSPS) is 6.85. The number of carbonyl (C=O) groups excluding carboxylic acids is 1. The van der Waals surface area contributed by atoms with Gasteiger partial charge in [0.2, 0.25) is 6.41 Å². The minimum atomic E-state index is -0.833. The third kappa shape index (κ3) is 246. The molecule has 0 saturated heterocycles. The van der Waals surface area contributed by atoms with Crippen LogP contribution in [0.25, 0.3) is 0 Å². The van der Waals surface area contributed by atoms with Crippen molar-refractivity contribution in [1.29, 1.82) is 0 Å². The summed E-state index contributed by atoms with van der Waals surface area (Å²) >= 11 is 0. The van der Waals surface area contributed by atoms with Gasteiger partial charge in [-0.1, -0.05) is 0 Å². The lowest BCUT2D eigenvalue weighted by atomic mass is 10.8. The first-order valence-corrected chi connectivity index (χ1v) is 3.45. The number of aliphatic hydroxyl groups is 2. The predicted octanol–water partition coefficient (Wildman–Crippen LogP) is -1.23. The molecule has 0 unspecified atom stereocenters. The molecular formula is C7H17NO5. The molecule has 1 amide bonds. The Hall–Kier alpha value is -1.14. The van der Waals surface area contributed by atoms with Gasteiger partial charge in [0.15, 0.2) is 0 Å². The molecule has 0 aliphatic rings. The van der Waals surface area contributed by atoms with Gasteiger partial charge in [-0.3, -0.25) is 9.59 Å². The van der Waals surface area contributed by atoms with E-state index in [1.54, 1.807) is 14.1 Å². The molecule has 0 radical (unpaired) electrons. The highest BCUT2D eigenvalue weighted by Gasteiger charge is 1.68. The number of carboxylic acids is 1. The minimum Gasteiger partial charge on any atom is -0.481 e. The standard InChI is InChI=1S/C3H7NO.C2H4O2.C2H6O2/c1-4(2)3-5;1-2(3)4;3-1-2-4/h3H,1-2H3;1H3,(H,3,4);3-4H,1-2H2. The zero-order chi connectivity index (χ0) is 11.3. The first-order chi connectivity index (χ1) is 5.92. The van der Waals surface area contributed by atoms with E-state index in [1.807, 2.05) is 0 Å². The van der Waals surface area contributed by atoms with Gasteiger partial charge in [-0.25, -0.2) is 0 Å². The van der Waals surface area contributed by atoms with Crippen LogP contribution >= 0.6 is 0 Å². The van der Waals surface area contributed by atoms with Gasteiger partial charge in [0, 0.05) is 21.0 Å². The molecule has 13 heavy (non-hydrogen) atoms. The topological polar surface area (TPSA) is 98.1 Å². The van der Waals surface area contributed by atoms with Crippen LogP contribution in [0.1, 0.15) is 6.92 Å². The van der Waals surface area contributed by atoms with Crippen LogP contribution in [0.15, 0.2) is 0 Å². The first kappa shape index (κ1) is 17.8. The van der Waals surface area contributed by atoms with E-state index in [4.69, 9.17) is 20.1 Å². The first-order valence-electron chi connectivity index (χ1n) is 3.45. The summed E-state index contributed by atoms with van der Waals surface area (Å²) in [7, 11) is 3.38. The molecule has 0 atom stereocenters. The second kappa shape index (κ2) is 17.1. The van der Waals surface area contributed by atoms with Crippen LogP contribution in [0, 0.1) is 0 Å². The Labute approximate surface area is 77.4 Å². The highest BCUT2D eigenvalue weighted by Crippen LogP contribution is 1.52. The van der Waals surface area contributed by atoms with Gasteiger partial charge in [-0.2, -0.15) is 0 Å². The van der Waals surface area contributed by atoms with Crippen molar-refractivity contribution in [1.82, 2.24) is 4.90 Å². The fourth-order valence-electron chi connectivity index (χ4n) is 0. The fraction of sp³-hybridized carbons (Fsp3) is 0.714. The number of aliphatic hydroxyl groups excluding tert-OH is 2. The number of amides is 1. The Balaban J connectivity index is -0.000000117. The maximum atomic E-state index is 9.43. The average Bonchev–Trinajstić information content (AvgIpc) is 2.04. The molecule has 3 N–H and O–H groups in total. The van der Waals surface area contributed by atoms with Crippen LogP contribution in [0.5, 0.6) is 0 Å². The smallest absolute Gasteiger partial charge is 0.300 e. The van der Waals surface area contributed by atoms with Crippen molar-refractivity contribution >= 4 is 12.4 Å². The van der Waals surface area contributed by atoms with E-state index in [-0.39, 0.29) is 13.2 Å². The lowest BCUT2D eigenvalue weighted by Crippen LogP contribution is -2.06. The summed E-state index contributed by atoms with van der Waals surface area (Å²) in [5.74, 6) is -0.833. The van der Waals surface area contributed by atoms with Crippen LogP contribution in [0.2, 0.25) is 0 Å². The van der Waals surface area contributed by atoms with Crippen molar-refractivity contribution in [3.8, 4) is 0 Å². The zero-order valence-electron chi connectivity index (χ0n) is 8.10. The quantitative estimate of drug-likeness (QED) is 0.479. The monoisotopic (exact) mass is 195 g/mol. The Kier molecular flexibility index (Phi) is 23.4. The van der Waals surface area contributed by atoms with Crippen molar-refractivity contribution in [2.24, 2.45) is 0 Å². The number of hydrogen-bond acceptors (Lipinski definition) is 4. The molecule has 80 valence electrons. The largest absolute Gasteiger partial charge is 0.481 e. The molecule has 0 spiro atoms. The van der Waals surface area contributed by atoms with Gasteiger partial charge in [-0.15, -0.1) is 0 Å². The molecule has 0 aromatic rings. The van der Waals surface area contributed by atoms with Crippen molar-refractivity contribution in [3.63, 3.8) is 0 Å². The number of nitrogens with zero attached hydrogens (tertiary/aromatic N) is 1. The van der Waals surface area contributed by atoms with E-state index >= 15 is 0 Å². The van der Waals surface area contributed by atoms with Gasteiger partial charge in [0.25, 0.3) is 5.97 Å². The lowest BCUT2D eigenvalue weighted by Gasteiger charge is -1.93. The van der Waals surface area contributed by atoms with E-state index in [2.05, 4.69) is 0 Å². The van der Waals surface area contributed by atoms with Gasteiger partial charge in [0.1, 0.15) is 0 Å². The van der Waals surface area contributed by atoms with E-state index in [1.165, 1.54) is 4.90 Å². The van der Waals surface area contributed by atoms with Gasteiger partial charge in [0.05, 0.1) is 13.2 Å². The molecule has 0 bridgehead atoms. The van der Waals surface area contributed by atoms with Crippen molar-refractivity contribution in [2.45, 2.75) is 6.92 Å². The molecule has 6 nitrogen and oxygen atoms in total.